The van der Waals surface area contributed by atoms with Gasteiger partial charge in [0.15, 0.2) is 5.82 Å². The molecule has 0 radical (unpaired) electrons. The minimum Gasteiger partial charge on any atom is -0.391 e. The second-order valence-electron chi connectivity index (χ2n) is 6.00. The van der Waals surface area contributed by atoms with Crippen molar-refractivity contribution in [2.24, 2.45) is 0 Å². The van der Waals surface area contributed by atoms with Crippen LogP contribution in [-0.4, -0.2) is 37.5 Å². The summed E-state index contributed by atoms with van der Waals surface area (Å²) in [6, 6.07) is 9.74. The van der Waals surface area contributed by atoms with Crippen molar-refractivity contribution in [3.8, 4) is 5.82 Å². The number of hydrogen-bond acceptors (Lipinski definition) is 6. The quantitative estimate of drug-likeness (QED) is 0.754. The van der Waals surface area contributed by atoms with E-state index in [4.69, 9.17) is 5.73 Å². The molecule has 0 spiro atoms. The highest BCUT2D eigenvalue weighted by molar-refractivity contribution is 5.51. The van der Waals surface area contributed by atoms with Gasteiger partial charge >= 0.3 is 0 Å². The van der Waals surface area contributed by atoms with Crippen LogP contribution in [0.5, 0.6) is 0 Å². The van der Waals surface area contributed by atoms with Crippen molar-refractivity contribution in [1.82, 2.24) is 19.7 Å². The van der Waals surface area contributed by atoms with E-state index in [-0.39, 0.29) is 17.8 Å². The molecular formula is C17H17FN6O. The largest absolute Gasteiger partial charge is 0.391 e. The van der Waals surface area contributed by atoms with E-state index in [1.54, 1.807) is 41.3 Å². The number of β-amino-alcohol motifs (C(OH)–C–C–N with tert-alkyl or cyclic N) is 1. The molecule has 1 aliphatic heterocycles. The predicted molar refractivity (Wildman–Crippen MR) is 90.7 cm³/mol. The van der Waals surface area contributed by atoms with Crippen LogP contribution >= 0.6 is 0 Å². The SMILES string of the molecule is Nc1nc(N2C[C@@H](O)C[C@@H]2c2ccc(F)cc2)cc(-n2cccn2)n1. The summed E-state index contributed by atoms with van der Waals surface area (Å²) >= 11 is 0. The van der Waals surface area contributed by atoms with Gasteiger partial charge in [0.05, 0.1) is 12.1 Å². The molecule has 0 aliphatic carbocycles. The first-order valence-corrected chi connectivity index (χ1v) is 7.95. The molecule has 0 saturated carbocycles. The third kappa shape index (κ3) is 3.03. The standard InChI is InChI=1S/C17H17FN6O/c18-12-4-2-11(3-5-12)14-8-13(25)10-23(14)15-9-16(22-17(19)21-15)24-7-1-6-20-24/h1-7,9,13-14,25H,8,10H2,(H2,19,21,22)/t13-,14+/m0/s1. The van der Waals surface area contributed by atoms with Gasteiger partial charge in [0, 0.05) is 25.0 Å². The lowest BCUT2D eigenvalue weighted by Crippen LogP contribution is -2.26. The summed E-state index contributed by atoms with van der Waals surface area (Å²) in [5.74, 6) is 0.985. The molecule has 3 heterocycles. The predicted octanol–water partition coefficient (Wildman–Crippen LogP) is 1.70. The molecule has 1 aromatic carbocycles. The molecule has 1 saturated heterocycles. The van der Waals surface area contributed by atoms with E-state index in [0.29, 0.717) is 24.6 Å². The molecule has 3 aromatic rings. The lowest BCUT2D eigenvalue weighted by molar-refractivity contribution is 0.194. The second kappa shape index (κ2) is 6.14. The Balaban J connectivity index is 1.73. The first-order valence-electron chi connectivity index (χ1n) is 7.95. The van der Waals surface area contributed by atoms with Gasteiger partial charge in [-0.05, 0) is 30.2 Å². The molecule has 1 fully saturated rings. The first-order chi connectivity index (χ1) is 12.1. The van der Waals surface area contributed by atoms with Crippen LogP contribution in [0.3, 0.4) is 0 Å². The molecule has 0 unspecified atom stereocenters. The Labute approximate surface area is 143 Å². The number of rotatable bonds is 3. The number of aromatic nitrogens is 4. The molecule has 4 rings (SSSR count). The fourth-order valence-corrected chi connectivity index (χ4v) is 3.18. The Kier molecular flexibility index (Phi) is 3.81. The van der Waals surface area contributed by atoms with Gasteiger partial charge < -0.3 is 15.7 Å². The zero-order chi connectivity index (χ0) is 17.4. The summed E-state index contributed by atoms with van der Waals surface area (Å²) < 4.78 is 14.8. The van der Waals surface area contributed by atoms with Crippen LogP contribution in [0.1, 0.15) is 18.0 Å². The van der Waals surface area contributed by atoms with E-state index in [9.17, 15) is 9.50 Å². The molecule has 8 heteroatoms. The molecule has 128 valence electrons. The lowest BCUT2D eigenvalue weighted by atomic mass is 10.0. The normalized spacial score (nSPS) is 20.2. The second-order valence-corrected chi connectivity index (χ2v) is 6.00. The van der Waals surface area contributed by atoms with Gasteiger partial charge in [-0.15, -0.1) is 0 Å². The molecule has 7 nitrogen and oxygen atoms in total. The van der Waals surface area contributed by atoms with Gasteiger partial charge in [0.1, 0.15) is 11.6 Å². The van der Waals surface area contributed by atoms with Crippen LogP contribution in [0.4, 0.5) is 16.2 Å². The molecule has 25 heavy (non-hydrogen) atoms. The Morgan fingerprint density at radius 3 is 2.64 bits per heavy atom. The van der Waals surface area contributed by atoms with Crippen LogP contribution in [0.2, 0.25) is 0 Å². The summed E-state index contributed by atoms with van der Waals surface area (Å²) in [5.41, 5.74) is 6.78. The fourth-order valence-electron chi connectivity index (χ4n) is 3.18. The summed E-state index contributed by atoms with van der Waals surface area (Å²) in [4.78, 5) is 10.5. The van der Waals surface area contributed by atoms with E-state index in [1.165, 1.54) is 12.1 Å². The third-order valence-electron chi connectivity index (χ3n) is 4.28. The number of hydrogen-bond donors (Lipinski definition) is 2. The zero-order valence-corrected chi connectivity index (χ0v) is 13.3. The summed E-state index contributed by atoms with van der Waals surface area (Å²) in [7, 11) is 0. The number of nitrogens with zero attached hydrogens (tertiary/aromatic N) is 5. The number of benzene rings is 1. The van der Waals surface area contributed by atoms with Crippen LogP contribution in [0, 0.1) is 5.82 Å². The van der Waals surface area contributed by atoms with Gasteiger partial charge in [-0.3, -0.25) is 0 Å². The van der Waals surface area contributed by atoms with E-state index < -0.39 is 6.10 Å². The van der Waals surface area contributed by atoms with Crippen molar-refractivity contribution in [2.45, 2.75) is 18.6 Å². The highest BCUT2D eigenvalue weighted by Crippen LogP contribution is 2.36. The van der Waals surface area contributed by atoms with Gasteiger partial charge in [-0.2, -0.15) is 15.1 Å². The van der Waals surface area contributed by atoms with Crippen molar-refractivity contribution < 1.29 is 9.50 Å². The summed E-state index contributed by atoms with van der Waals surface area (Å²) in [6.45, 7) is 0.414. The molecule has 2 atom stereocenters. The number of nitrogens with two attached hydrogens (primary N) is 1. The average Bonchev–Trinajstić information content (AvgIpc) is 3.25. The third-order valence-corrected chi connectivity index (χ3v) is 4.28. The molecule has 3 N–H and O–H groups in total. The van der Waals surface area contributed by atoms with Crippen molar-refractivity contribution >= 4 is 11.8 Å². The van der Waals surface area contributed by atoms with Crippen molar-refractivity contribution in [3.63, 3.8) is 0 Å². The molecule has 1 aliphatic rings. The summed E-state index contributed by atoms with van der Waals surface area (Å²) in [5, 5.41) is 14.3. The molecule has 0 amide bonds. The highest BCUT2D eigenvalue weighted by Gasteiger charge is 2.33. The van der Waals surface area contributed by atoms with E-state index in [0.717, 1.165) is 5.56 Å². The smallest absolute Gasteiger partial charge is 0.224 e. The number of nitrogen functional groups attached to an aromatic ring is 1. The summed E-state index contributed by atoms with van der Waals surface area (Å²) in [6.07, 6.45) is 3.45. The van der Waals surface area contributed by atoms with Crippen molar-refractivity contribution in [1.29, 1.82) is 0 Å². The number of anilines is 2. The van der Waals surface area contributed by atoms with Crippen molar-refractivity contribution in [2.75, 3.05) is 17.2 Å². The van der Waals surface area contributed by atoms with Gasteiger partial charge in [0.25, 0.3) is 0 Å². The Hall–Kier alpha value is -3.00. The highest BCUT2D eigenvalue weighted by atomic mass is 19.1. The maximum absolute atomic E-state index is 13.2. The van der Waals surface area contributed by atoms with E-state index in [2.05, 4.69) is 15.1 Å². The van der Waals surface area contributed by atoms with Crippen LogP contribution in [0.15, 0.2) is 48.8 Å². The average molecular weight is 340 g/mol. The number of aliphatic hydroxyl groups excluding tert-OH is 1. The van der Waals surface area contributed by atoms with Crippen LogP contribution in [0.25, 0.3) is 5.82 Å². The topological polar surface area (TPSA) is 93.1 Å². The van der Waals surface area contributed by atoms with E-state index >= 15 is 0 Å². The zero-order valence-electron chi connectivity index (χ0n) is 13.3. The van der Waals surface area contributed by atoms with Gasteiger partial charge in [0.2, 0.25) is 5.95 Å². The fraction of sp³-hybridized carbons (Fsp3) is 0.235. The van der Waals surface area contributed by atoms with Crippen LogP contribution < -0.4 is 10.6 Å². The Morgan fingerprint density at radius 2 is 1.92 bits per heavy atom. The minimum absolute atomic E-state index is 0.115. The minimum atomic E-state index is -0.501. The number of aliphatic hydroxyl groups is 1. The van der Waals surface area contributed by atoms with Crippen LogP contribution in [-0.2, 0) is 0 Å². The Bertz CT molecular complexity index is 867. The van der Waals surface area contributed by atoms with Crippen molar-refractivity contribution in [3.05, 3.63) is 60.2 Å². The Morgan fingerprint density at radius 1 is 1.16 bits per heavy atom. The maximum atomic E-state index is 13.2. The molecule has 0 bridgehead atoms. The number of halogens is 1. The van der Waals surface area contributed by atoms with Gasteiger partial charge in [-0.25, -0.2) is 9.07 Å². The van der Waals surface area contributed by atoms with E-state index in [1.807, 2.05) is 4.90 Å². The lowest BCUT2D eigenvalue weighted by Gasteiger charge is -2.26. The monoisotopic (exact) mass is 340 g/mol. The molecular weight excluding hydrogens is 323 g/mol. The van der Waals surface area contributed by atoms with Gasteiger partial charge in [-0.1, -0.05) is 12.1 Å². The maximum Gasteiger partial charge on any atom is 0.224 e. The first kappa shape index (κ1) is 15.5. The molecule has 2 aromatic heterocycles.